The lowest BCUT2D eigenvalue weighted by atomic mass is 10.1. The van der Waals surface area contributed by atoms with E-state index in [0.29, 0.717) is 37.0 Å². The van der Waals surface area contributed by atoms with Crippen LogP contribution in [0.1, 0.15) is 33.6 Å². The van der Waals surface area contributed by atoms with E-state index in [1.165, 1.54) is 17.0 Å². The Bertz CT molecular complexity index is 807. The second kappa shape index (κ2) is 8.46. The highest BCUT2D eigenvalue weighted by Gasteiger charge is 2.17. The Labute approximate surface area is 156 Å². The van der Waals surface area contributed by atoms with Gasteiger partial charge in [-0.25, -0.2) is 14.4 Å². The van der Waals surface area contributed by atoms with Gasteiger partial charge in [-0.2, -0.15) is 0 Å². The molecule has 2 aromatic rings. The lowest BCUT2D eigenvalue weighted by molar-refractivity contribution is -0.0172. The fraction of sp³-hybridized carbons (Fsp3) is 0.444. The summed E-state index contributed by atoms with van der Waals surface area (Å²) in [6.45, 7) is 8.23. The van der Waals surface area contributed by atoms with Crippen molar-refractivity contribution in [1.29, 1.82) is 0 Å². The van der Waals surface area contributed by atoms with Crippen LogP contribution < -0.4 is 15.4 Å². The van der Waals surface area contributed by atoms with Crippen LogP contribution in [0.15, 0.2) is 17.1 Å². The molecule has 1 aliphatic heterocycles. The smallest absolute Gasteiger partial charge is 0.191 e. The molecular weight excluding hydrogens is 355 g/mol. The van der Waals surface area contributed by atoms with Crippen LogP contribution >= 0.6 is 11.3 Å². The lowest BCUT2D eigenvalue weighted by Crippen LogP contribution is -2.36. The van der Waals surface area contributed by atoms with Gasteiger partial charge in [-0.05, 0) is 32.9 Å². The van der Waals surface area contributed by atoms with Crippen LogP contribution in [0.3, 0.4) is 0 Å². The van der Waals surface area contributed by atoms with Gasteiger partial charge in [0.05, 0.1) is 30.4 Å². The third kappa shape index (κ3) is 4.50. The monoisotopic (exact) mass is 378 g/mol. The first-order valence-corrected chi connectivity index (χ1v) is 9.35. The van der Waals surface area contributed by atoms with Crippen molar-refractivity contribution < 1.29 is 13.9 Å². The summed E-state index contributed by atoms with van der Waals surface area (Å²) in [6.07, 6.45) is 0. The average Bonchev–Trinajstić information content (AvgIpc) is 2.94. The summed E-state index contributed by atoms with van der Waals surface area (Å²) in [5.41, 5.74) is 2.46. The average molecular weight is 378 g/mol. The molecule has 0 fully saturated rings. The maximum absolute atomic E-state index is 13.8. The van der Waals surface area contributed by atoms with Crippen LogP contribution in [0.25, 0.3) is 0 Å². The third-order valence-corrected chi connectivity index (χ3v) is 4.99. The van der Waals surface area contributed by atoms with Crippen molar-refractivity contribution >= 4 is 17.3 Å². The molecule has 26 heavy (non-hydrogen) atoms. The van der Waals surface area contributed by atoms with Gasteiger partial charge in [-0.1, -0.05) is 0 Å². The van der Waals surface area contributed by atoms with Gasteiger partial charge in [-0.15, -0.1) is 11.3 Å². The number of aromatic nitrogens is 1. The van der Waals surface area contributed by atoms with Gasteiger partial charge in [0.1, 0.15) is 11.6 Å². The maximum atomic E-state index is 13.8. The van der Waals surface area contributed by atoms with Gasteiger partial charge in [0.15, 0.2) is 12.8 Å². The number of rotatable bonds is 5. The summed E-state index contributed by atoms with van der Waals surface area (Å²) in [5, 5.41) is 7.56. The first-order chi connectivity index (χ1) is 12.6. The molecule has 0 saturated carbocycles. The number of benzene rings is 1. The van der Waals surface area contributed by atoms with E-state index < -0.39 is 0 Å². The molecule has 6 nitrogen and oxygen atoms in total. The number of aliphatic imine (C=N–C) groups is 1. The molecule has 2 heterocycles. The number of ether oxygens (including phenoxy) is 2. The zero-order chi connectivity index (χ0) is 18.5. The normalized spacial score (nSPS) is 13.9. The van der Waals surface area contributed by atoms with E-state index in [1.807, 2.05) is 20.8 Å². The van der Waals surface area contributed by atoms with Gasteiger partial charge in [0.2, 0.25) is 0 Å². The Hall–Kier alpha value is -2.19. The van der Waals surface area contributed by atoms with E-state index in [9.17, 15) is 4.39 Å². The Morgan fingerprint density at radius 2 is 2.19 bits per heavy atom. The number of nitrogens with one attached hydrogen (secondary N) is 2. The molecule has 1 aliphatic rings. The van der Waals surface area contributed by atoms with Crippen molar-refractivity contribution in [3.05, 3.63) is 44.7 Å². The molecule has 140 valence electrons. The minimum absolute atomic E-state index is 0.178. The van der Waals surface area contributed by atoms with E-state index in [4.69, 9.17) is 9.47 Å². The number of hydrogen-bond donors (Lipinski definition) is 2. The lowest BCUT2D eigenvalue weighted by Gasteiger charge is -2.20. The maximum Gasteiger partial charge on any atom is 0.191 e. The molecule has 0 radical (unpaired) electrons. The standard InChI is InChI=1S/C18H23FN4O2S/c1-4-20-18(22-8-16-11(2)23-12(3)26-16)21-7-13-5-15(19)6-14-9-24-10-25-17(13)14/h5-6H,4,7-10H2,1-3H3,(H2,20,21,22). The number of thiazole rings is 1. The van der Waals surface area contributed by atoms with Crippen LogP contribution in [0.4, 0.5) is 4.39 Å². The number of aryl methyl sites for hydroxylation is 2. The Kier molecular flexibility index (Phi) is 6.05. The number of halogens is 1. The SMILES string of the molecule is CCNC(=NCc1cc(F)cc2c1OCOC2)NCc1sc(C)nc1C. The molecule has 0 amide bonds. The van der Waals surface area contributed by atoms with E-state index in [0.717, 1.165) is 22.8 Å². The fourth-order valence-corrected chi connectivity index (χ4v) is 3.66. The highest BCUT2D eigenvalue weighted by Crippen LogP contribution is 2.29. The van der Waals surface area contributed by atoms with Crippen molar-refractivity contribution in [3.8, 4) is 5.75 Å². The van der Waals surface area contributed by atoms with E-state index in [2.05, 4.69) is 20.6 Å². The van der Waals surface area contributed by atoms with Crippen molar-refractivity contribution in [1.82, 2.24) is 15.6 Å². The van der Waals surface area contributed by atoms with E-state index in [1.54, 1.807) is 11.3 Å². The summed E-state index contributed by atoms with van der Waals surface area (Å²) in [7, 11) is 0. The number of hydrogen-bond acceptors (Lipinski definition) is 5. The number of guanidine groups is 1. The summed E-state index contributed by atoms with van der Waals surface area (Å²) >= 11 is 1.67. The Morgan fingerprint density at radius 3 is 2.92 bits per heavy atom. The third-order valence-electron chi connectivity index (χ3n) is 3.92. The van der Waals surface area contributed by atoms with Gasteiger partial charge >= 0.3 is 0 Å². The van der Waals surface area contributed by atoms with Crippen LogP contribution in [0.2, 0.25) is 0 Å². The van der Waals surface area contributed by atoms with Crippen molar-refractivity contribution in [3.63, 3.8) is 0 Å². The highest BCUT2D eigenvalue weighted by molar-refractivity contribution is 7.11. The quantitative estimate of drug-likeness (QED) is 0.618. The summed E-state index contributed by atoms with van der Waals surface area (Å²) < 4.78 is 24.6. The minimum atomic E-state index is -0.309. The number of nitrogens with zero attached hydrogens (tertiary/aromatic N) is 2. The molecule has 0 unspecified atom stereocenters. The minimum Gasteiger partial charge on any atom is -0.467 e. The molecule has 3 rings (SSSR count). The fourth-order valence-electron chi connectivity index (χ4n) is 2.78. The zero-order valence-electron chi connectivity index (χ0n) is 15.2. The van der Waals surface area contributed by atoms with Crippen molar-refractivity contribution in [2.75, 3.05) is 13.3 Å². The molecule has 8 heteroatoms. The molecule has 2 N–H and O–H groups in total. The molecule has 0 atom stereocenters. The molecule has 1 aromatic carbocycles. The predicted octanol–water partition coefficient (Wildman–Crippen LogP) is 3.02. The summed E-state index contributed by atoms with van der Waals surface area (Å²) in [5.74, 6) is 1.03. The van der Waals surface area contributed by atoms with Gasteiger partial charge in [-0.3, -0.25) is 0 Å². The number of fused-ring (bicyclic) bond motifs is 1. The summed E-state index contributed by atoms with van der Waals surface area (Å²) in [6, 6.07) is 2.91. The largest absolute Gasteiger partial charge is 0.467 e. The molecule has 0 spiro atoms. The molecular formula is C18H23FN4O2S. The van der Waals surface area contributed by atoms with E-state index in [-0.39, 0.29) is 12.6 Å². The van der Waals surface area contributed by atoms with Gasteiger partial charge < -0.3 is 20.1 Å². The zero-order valence-corrected chi connectivity index (χ0v) is 16.0. The molecule has 0 bridgehead atoms. The van der Waals surface area contributed by atoms with Crippen LogP contribution in [0, 0.1) is 19.7 Å². The van der Waals surface area contributed by atoms with Crippen LogP contribution in [0.5, 0.6) is 5.75 Å². The Morgan fingerprint density at radius 1 is 1.35 bits per heavy atom. The second-order valence-electron chi connectivity index (χ2n) is 5.95. The first kappa shape index (κ1) is 18.6. The molecule has 0 aliphatic carbocycles. The van der Waals surface area contributed by atoms with E-state index >= 15 is 0 Å². The topological polar surface area (TPSA) is 67.8 Å². The second-order valence-corrected chi connectivity index (χ2v) is 7.24. The predicted molar refractivity (Wildman–Crippen MR) is 99.9 cm³/mol. The summed E-state index contributed by atoms with van der Waals surface area (Å²) in [4.78, 5) is 10.2. The van der Waals surface area contributed by atoms with Crippen LogP contribution in [-0.2, 0) is 24.4 Å². The van der Waals surface area contributed by atoms with Crippen LogP contribution in [-0.4, -0.2) is 24.3 Å². The van der Waals surface area contributed by atoms with Crippen molar-refractivity contribution in [2.24, 2.45) is 4.99 Å². The molecule has 1 aromatic heterocycles. The highest BCUT2D eigenvalue weighted by atomic mass is 32.1. The van der Waals surface area contributed by atoms with Gasteiger partial charge in [0, 0.05) is 22.5 Å². The molecule has 0 saturated heterocycles. The first-order valence-electron chi connectivity index (χ1n) is 8.53. The van der Waals surface area contributed by atoms with Crippen molar-refractivity contribution in [2.45, 2.75) is 40.5 Å². The van der Waals surface area contributed by atoms with Gasteiger partial charge in [0.25, 0.3) is 0 Å². The Balaban J connectivity index is 1.73.